The third kappa shape index (κ3) is 3.26. The monoisotopic (exact) mass is 335 g/mol. The van der Waals surface area contributed by atoms with Crippen molar-refractivity contribution in [2.75, 3.05) is 11.9 Å². The van der Waals surface area contributed by atoms with Crippen molar-refractivity contribution in [2.45, 2.75) is 6.92 Å². The highest BCUT2D eigenvalue weighted by molar-refractivity contribution is 5.96. The molecule has 0 amide bonds. The molecule has 2 aromatic carbocycles. The number of aromatic nitrogens is 1. The molecule has 6 heteroatoms. The molecule has 124 valence electrons. The van der Waals surface area contributed by atoms with Crippen molar-refractivity contribution in [3.05, 3.63) is 65.6 Å². The number of ether oxygens (including phenoxy) is 1. The van der Waals surface area contributed by atoms with Crippen LogP contribution in [0.25, 0.3) is 10.9 Å². The number of pyridine rings is 1. The molecule has 0 unspecified atom stereocenters. The normalized spacial score (nSPS) is 10.3. The van der Waals surface area contributed by atoms with Gasteiger partial charge in [0.25, 0.3) is 0 Å². The summed E-state index contributed by atoms with van der Waals surface area (Å²) in [6.07, 6.45) is 1.33. The molecule has 0 saturated heterocycles. The van der Waals surface area contributed by atoms with Crippen molar-refractivity contribution in [3.63, 3.8) is 0 Å². The summed E-state index contributed by atoms with van der Waals surface area (Å²) in [6, 6.07) is 13.3. The van der Waals surface area contributed by atoms with Crippen LogP contribution in [0.3, 0.4) is 0 Å². The minimum absolute atomic E-state index is 0.187. The number of halogens is 1. The predicted octanol–water partition coefficient (Wildman–Crippen LogP) is 4.17. The van der Waals surface area contributed by atoms with Gasteiger partial charge in [-0.3, -0.25) is 4.98 Å². The third-order valence-electron chi connectivity index (χ3n) is 3.63. The Balaban J connectivity index is 1.99. The Kier molecular flexibility index (Phi) is 4.57. The lowest BCUT2D eigenvalue weighted by molar-refractivity contribution is 0.0526. The van der Waals surface area contributed by atoms with Crippen LogP contribution < -0.4 is 5.32 Å². The van der Waals surface area contributed by atoms with Crippen molar-refractivity contribution >= 4 is 28.2 Å². The van der Waals surface area contributed by atoms with E-state index >= 15 is 0 Å². The first kappa shape index (κ1) is 16.4. The number of hydrogen-bond donors (Lipinski definition) is 1. The molecule has 25 heavy (non-hydrogen) atoms. The van der Waals surface area contributed by atoms with Crippen LogP contribution in [-0.4, -0.2) is 17.6 Å². The lowest BCUT2D eigenvalue weighted by Crippen LogP contribution is -2.04. The van der Waals surface area contributed by atoms with Gasteiger partial charge in [-0.2, -0.15) is 5.26 Å². The molecule has 1 aromatic heterocycles. The molecule has 3 aromatic rings. The number of hydrogen-bond acceptors (Lipinski definition) is 5. The SMILES string of the molecule is CCOC(=O)c1ccc(Nc2c(C#N)cnc3c(F)cccc23)cc1. The molecule has 0 fully saturated rings. The highest BCUT2D eigenvalue weighted by Gasteiger charge is 2.12. The van der Waals surface area contributed by atoms with Gasteiger partial charge in [0.05, 0.1) is 23.4 Å². The van der Waals surface area contributed by atoms with Gasteiger partial charge in [-0.25, -0.2) is 9.18 Å². The molecule has 0 aliphatic carbocycles. The third-order valence-corrected chi connectivity index (χ3v) is 3.63. The fraction of sp³-hybridized carbons (Fsp3) is 0.105. The summed E-state index contributed by atoms with van der Waals surface area (Å²) in [4.78, 5) is 15.7. The molecule has 0 radical (unpaired) electrons. The molecule has 0 aliphatic heterocycles. The molecule has 0 aliphatic rings. The van der Waals surface area contributed by atoms with Crippen molar-refractivity contribution < 1.29 is 13.9 Å². The van der Waals surface area contributed by atoms with Gasteiger partial charge in [0, 0.05) is 17.3 Å². The van der Waals surface area contributed by atoms with E-state index in [9.17, 15) is 14.4 Å². The standard InChI is InChI=1S/C19H14FN3O2/c1-2-25-19(24)12-6-8-14(9-7-12)23-17-13(10-21)11-22-18-15(17)4-3-5-16(18)20/h3-9,11H,2H2,1H3,(H,22,23). The minimum atomic E-state index is -0.456. The maximum atomic E-state index is 13.9. The van der Waals surface area contributed by atoms with Gasteiger partial charge in [0.1, 0.15) is 17.4 Å². The van der Waals surface area contributed by atoms with Gasteiger partial charge in [-0.1, -0.05) is 12.1 Å². The molecule has 1 N–H and O–H groups in total. The second-order valence-electron chi connectivity index (χ2n) is 5.22. The maximum absolute atomic E-state index is 13.9. The van der Waals surface area contributed by atoms with E-state index in [2.05, 4.69) is 16.4 Å². The van der Waals surface area contributed by atoms with Crippen molar-refractivity contribution in [1.82, 2.24) is 4.98 Å². The average molecular weight is 335 g/mol. The molecule has 5 nitrogen and oxygen atoms in total. The average Bonchev–Trinajstić information content (AvgIpc) is 2.63. The molecule has 3 rings (SSSR count). The number of nitrogens with zero attached hydrogens (tertiary/aromatic N) is 2. The van der Waals surface area contributed by atoms with Gasteiger partial charge in [-0.15, -0.1) is 0 Å². The van der Waals surface area contributed by atoms with Crippen LogP contribution in [0, 0.1) is 17.1 Å². The number of para-hydroxylation sites is 1. The van der Waals surface area contributed by atoms with Gasteiger partial charge in [0.15, 0.2) is 0 Å². The zero-order valence-corrected chi connectivity index (χ0v) is 13.4. The first-order valence-electron chi connectivity index (χ1n) is 7.65. The number of carbonyl (C=O) groups excluding carboxylic acids is 1. The van der Waals surface area contributed by atoms with E-state index in [4.69, 9.17) is 4.74 Å². The zero-order valence-electron chi connectivity index (χ0n) is 13.4. The summed E-state index contributed by atoms with van der Waals surface area (Å²) in [5.41, 5.74) is 2.04. The summed E-state index contributed by atoms with van der Waals surface area (Å²) in [5.74, 6) is -0.856. The largest absolute Gasteiger partial charge is 0.462 e. The van der Waals surface area contributed by atoms with E-state index in [-0.39, 0.29) is 5.52 Å². The number of nitriles is 1. The summed E-state index contributed by atoms with van der Waals surface area (Å²) in [7, 11) is 0. The van der Waals surface area contributed by atoms with Crippen molar-refractivity contribution in [2.24, 2.45) is 0 Å². The Morgan fingerprint density at radius 2 is 2.04 bits per heavy atom. The van der Waals surface area contributed by atoms with Gasteiger partial charge >= 0.3 is 5.97 Å². The number of nitrogens with one attached hydrogen (secondary N) is 1. The topological polar surface area (TPSA) is 75.0 Å². The van der Waals surface area contributed by atoms with E-state index in [1.807, 2.05) is 0 Å². The fourth-order valence-electron chi connectivity index (χ4n) is 2.45. The molecule has 0 saturated carbocycles. The summed E-state index contributed by atoms with van der Waals surface area (Å²) >= 11 is 0. The summed E-state index contributed by atoms with van der Waals surface area (Å²) < 4.78 is 18.9. The van der Waals surface area contributed by atoms with Crippen LogP contribution in [0.5, 0.6) is 0 Å². The van der Waals surface area contributed by atoms with Crippen LogP contribution in [0.4, 0.5) is 15.8 Å². The minimum Gasteiger partial charge on any atom is -0.462 e. The van der Waals surface area contributed by atoms with E-state index in [1.165, 1.54) is 12.3 Å². The molecular formula is C19H14FN3O2. The quantitative estimate of drug-likeness (QED) is 0.724. The lowest BCUT2D eigenvalue weighted by atomic mass is 10.1. The van der Waals surface area contributed by atoms with E-state index in [0.717, 1.165) is 0 Å². The number of anilines is 2. The Bertz CT molecular complexity index is 978. The van der Waals surface area contributed by atoms with Crippen molar-refractivity contribution in [3.8, 4) is 6.07 Å². The first-order chi connectivity index (χ1) is 12.1. The second-order valence-corrected chi connectivity index (χ2v) is 5.22. The molecule has 0 bridgehead atoms. The zero-order chi connectivity index (χ0) is 17.8. The molecule has 1 heterocycles. The smallest absolute Gasteiger partial charge is 0.338 e. The van der Waals surface area contributed by atoms with Crippen molar-refractivity contribution in [1.29, 1.82) is 5.26 Å². The summed E-state index contributed by atoms with van der Waals surface area (Å²) in [5, 5.41) is 12.9. The Labute approximate surface area is 143 Å². The van der Waals surface area contributed by atoms with Crippen LogP contribution in [0.1, 0.15) is 22.8 Å². The number of fused-ring (bicyclic) bond motifs is 1. The Hall–Kier alpha value is -3.46. The lowest BCUT2D eigenvalue weighted by Gasteiger charge is -2.12. The van der Waals surface area contributed by atoms with Gasteiger partial charge in [0.2, 0.25) is 0 Å². The van der Waals surface area contributed by atoms with Crippen LogP contribution in [0.15, 0.2) is 48.7 Å². The van der Waals surface area contributed by atoms with Crippen LogP contribution >= 0.6 is 0 Å². The fourth-order valence-corrected chi connectivity index (χ4v) is 2.45. The number of rotatable bonds is 4. The second kappa shape index (κ2) is 6.97. The van der Waals surface area contributed by atoms with Crippen LogP contribution in [0.2, 0.25) is 0 Å². The highest BCUT2D eigenvalue weighted by atomic mass is 19.1. The maximum Gasteiger partial charge on any atom is 0.338 e. The van der Waals surface area contributed by atoms with Crippen LogP contribution in [-0.2, 0) is 4.74 Å². The van der Waals surface area contributed by atoms with Gasteiger partial charge in [-0.05, 0) is 37.3 Å². The predicted molar refractivity (Wildman–Crippen MR) is 92.1 cm³/mol. The van der Waals surface area contributed by atoms with E-state index in [1.54, 1.807) is 43.3 Å². The van der Waals surface area contributed by atoms with E-state index < -0.39 is 11.8 Å². The Morgan fingerprint density at radius 3 is 2.72 bits per heavy atom. The number of carbonyl (C=O) groups is 1. The number of benzene rings is 2. The Morgan fingerprint density at radius 1 is 1.28 bits per heavy atom. The molecular weight excluding hydrogens is 321 g/mol. The molecule has 0 atom stereocenters. The molecule has 0 spiro atoms. The van der Waals surface area contributed by atoms with E-state index in [0.29, 0.717) is 34.5 Å². The number of esters is 1. The first-order valence-corrected chi connectivity index (χ1v) is 7.65. The van der Waals surface area contributed by atoms with Gasteiger partial charge < -0.3 is 10.1 Å². The highest BCUT2D eigenvalue weighted by Crippen LogP contribution is 2.30. The summed E-state index contributed by atoms with van der Waals surface area (Å²) in [6.45, 7) is 2.05.